The monoisotopic (exact) mass is 251 g/mol. The summed E-state index contributed by atoms with van der Waals surface area (Å²) in [7, 11) is 0. The van der Waals surface area contributed by atoms with Crippen molar-refractivity contribution in [2.24, 2.45) is 11.3 Å². The summed E-state index contributed by atoms with van der Waals surface area (Å²) in [6.45, 7) is 5.18. The van der Waals surface area contributed by atoms with Crippen molar-refractivity contribution in [3.63, 3.8) is 0 Å². The summed E-state index contributed by atoms with van der Waals surface area (Å²) in [5.41, 5.74) is 1.24. The molecular formula is C14H18ClNO. The van der Waals surface area contributed by atoms with Gasteiger partial charge in [0.2, 0.25) is 5.91 Å². The molecule has 1 aromatic carbocycles. The highest BCUT2D eigenvalue weighted by Crippen LogP contribution is 2.51. The van der Waals surface area contributed by atoms with Gasteiger partial charge in [0.05, 0.1) is 0 Å². The van der Waals surface area contributed by atoms with E-state index in [2.05, 4.69) is 19.2 Å². The zero-order valence-electron chi connectivity index (χ0n) is 10.2. The maximum Gasteiger partial charge on any atom is 0.242 e. The molecule has 2 atom stereocenters. The Kier molecular flexibility index (Phi) is 3.43. The lowest BCUT2D eigenvalue weighted by molar-refractivity contribution is -0.120. The molecule has 17 heavy (non-hydrogen) atoms. The molecule has 3 heteroatoms. The molecule has 1 amide bonds. The smallest absolute Gasteiger partial charge is 0.242 e. The van der Waals surface area contributed by atoms with Crippen molar-refractivity contribution in [2.45, 2.75) is 25.6 Å². The molecule has 1 saturated carbocycles. The topological polar surface area (TPSA) is 29.1 Å². The lowest BCUT2D eigenvalue weighted by Gasteiger charge is -2.11. The molecule has 0 radical (unpaired) electrons. The highest BCUT2D eigenvalue weighted by atomic mass is 35.5. The summed E-state index contributed by atoms with van der Waals surface area (Å²) in [5.74, 6) is 0.506. The normalized spacial score (nSPS) is 22.9. The van der Waals surface area contributed by atoms with Crippen LogP contribution in [0.4, 0.5) is 0 Å². The molecule has 92 valence electrons. The van der Waals surface area contributed by atoms with Crippen LogP contribution in [0.1, 0.15) is 31.2 Å². The number of amides is 1. The molecule has 0 heterocycles. The highest BCUT2D eigenvalue weighted by molar-refractivity contribution is 6.30. The van der Waals surface area contributed by atoms with Gasteiger partial charge in [-0.2, -0.15) is 0 Å². The average Bonchev–Trinajstić information content (AvgIpc) is 2.94. The van der Waals surface area contributed by atoms with Crippen molar-refractivity contribution in [1.82, 2.24) is 5.32 Å². The summed E-state index contributed by atoms with van der Waals surface area (Å²) < 4.78 is 0. The second kappa shape index (κ2) is 4.69. The minimum atomic E-state index is -0.585. The van der Waals surface area contributed by atoms with Crippen LogP contribution in [0.2, 0.25) is 0 Å². The number of alkyl halides is 1. The first-order valence-corrected chi connectivity index (χ1v) is 6.41. The lowest BCUT2D eigenvalue weighted by atomic mass is 10.1. The van der Waals surface area contributed by atoms with Gasteiger partial charge in [-0.05, 0) is 23.3 Å². The molecule has 0 aliphatic heterocycles. The lowest BCUT2D eigenvalue weighted by Crippen LogP contribution is -2.29. The van der Waals surface area contributed by atoms with Gasteiger partial charge in [-0.15, -0.1) is 11.6 Å². The van der Waals surface area contributed by atoms with E-state index in [0.717, 1.165) is 12.1 Å². The second-order valence-electron chi connectivity index (χ2n) is 5.41. The van der Waals surface area contributed by atoms with Crippen molar-refractivity contribution in [3.05, 3.63) is 35.9 Å². The molecule has 2 nitrogen and oxygen atoms in total. The fourth-order valence-electron chi connectivity index (χ4n) is 2.01. The Bertz CT molecular complexity index is 402. The van der Waals surface area contributed by atoms with Crippen molar-refractivity contribution < 1.29 is 4.79 Å². The van der Waals surface area contributed by atoms with E-state index in [1.165, 1.54) is 6.42 Å². The highest BCUT2D eigenvalue weighted by Gasteiger charge is 2.45. The molecule has 0 bridgehead atoms. The fourth-order valence-corrected chi connectivity index (χ4v) is 2.23. The number of benzene rings is 1. The van der Waals surface area contributed by atoms with E-state index in [4.69, 9.17) is 11.6 Å². The quantitative estimate of drug-likeness (QED) is 0.819. The zero-order valence-corrected chi connectivity index (χ0v) is 11.0. The van der Waals surface area contributed by atoms with Crippen LogP contribution in [0.3, 0.4) is 0 Å². The standard InChI is InChI=1S/C14H18ClNO/c1-14(2)8-11(14)9-16-13(17)12(15)10-6-4-3-5-7-10/h3-7,11-12H,8-9H2,1-2H3,(H,16,17). The van der Waals surface area contributed by atoms with Gasteiger partial charge in [-0.1, -0.05) is 44.2 Å². The van der Waals surface area contributed by atoms with Crippen LogP contribution in [-0.4, -0.2) is 12.5 Å². The molecule has 0 aromatic heterocycles. The van der Waals surface area contributed by atoms with Gasteiger partial charge < -0.3 is 5.32 Å². The third-order valence-electron chi connectivity index (χ3n) is 3.56. The van der Waals surface area contributed by atoms with Gasteiger partial charge >= 0.3 is 0 Å². The maximum absolute atomic E-state index is 11.8. The molecule has 1 aliphatic carbocycles. The van der Waals surface area contributed by atoms with Crippen LogP contribution in [0.5, 0.6) is 0 Å². The van der Waals surface area contributed by atoms with Crippen LogP contribution in [-0.2, 0) is 4.79 Å². The third-order valence-corrected chi connectivity index (χ3v) is 4.01. The number of hydrogen-bond donors (Lipinski definition) is 1. The number of carbonyl (C=O) groups excluding carboxylic acids is 1. The van der Waals surface area contributed by atoms with E-state index < -0.39 is 5.38 Å². The number of halogens is 1. The second-order valence-corrected chi connectivity index (χ2v) is 5.84. The van der Waals surface area contributed by atoms with E-state index in [1.807, 2.05) is 30.3 Å². The third kappa shape index (κ3) is 3.01. The summed E-state index contributed by atoms with van der Waals surface area (Å²) in [6.07, 6.45) is 1.19. The molecular weight excluding hydrogens is 234 g/mol. The van der Waals surface area contributed by atoms with Crippen molar-refractivity contribution >= 4 is 17.5 Å². The molecule has 2 rings (SSSR count). The Morgan fingerprint density at radius 3 is 2.59 bits per heavy atom. The van der Waals surface area contributed by atoms with Gasteiger partial charge in [-0.3, -0.25) is 4.79 Å². The van der Waals surface area contributed by atoms with Gasteiger partial charge in [-0.25, -0.2) is 0 Å². The van der Waals surface area contributed by atoms with Gasteiger partial charge in [0.15, 0.2) is 0 Å². The predicted octanol–water partition coefficient (Wildman–Crippen LogP) is 3.13. The Labute approximate surface area is 107 Å². The van der Waals surface area contributed by atoms with Crippen LogP contribution in [0.15, 0.2) is 30.3 Å². The van der Waals surface area contributed by atoms with Gasteiger partial charge in [0.1, 0.15) is 5.38 Å². The van der Waals surface area contributed by atoms with Crippen LogP contribution in [0, 0.1) is 11.3 Å². The fraction of sp³-hybridized carbons (Fsp3) is 0.500. The maximum atomic E-state index is 11.8. The largest absolute Gasteiger partial charge is 0.354 e. The van der Waals surface area contributed by atoms with E-state index >= 15 is 0 Å². The average molecular weight is 252 g/mol. The number of carbonyl (C=O) groups is 1. The molecule has 1 fully saturated rings. The minimum Gasteiger partial charge on any atom is -0.354 e. The SMILES string of the molecule is CC1(C)CC1CNC(=O)C(Cl)c1ccccc1. The Balaban J connectivity index is 1.84. The Morgan fingerprint density at radius 1 is 1.47 bits per heavy atom. The zero-order chi connectivity index (χ0) is 12.5. The minimum absolute atomic E-state index is 0.0967. The van der Waals surface area contributed by atoms with E-state index in [1.54, 1.807) is 0 Å². The van der Waals surface area contributed by atoms with Crippen molar-refractivity contribution in [2.75, 3.05) is 6.54 Å². The van der Waals surface area contributed by atoms with Crippen LogP contribution >= 0.6 is 11.6 Å². The van der Waals surface area contributed by atoms with Crippen molar-refractivity contribution in [1.29, 1.82) is 0 Å². The molecule has 2 unspecified atom stereocenters. The number of hydrogen-bond acceptors (Lipinski definition) is 1. The first kappa shape index (κ1) is 12.4. The predicted molar refractivity (Wildman–Crippen MR) is 69.9 cm³/mol. The van der Waals surface area contributed by atoms with E-state index in [0.29, 0.717) is 11.3 Å². The van der Waals surface area contributed by atoms with Gasteiger partial charge in [0.25, 0.3) is 0 Å². The summed E-state index contributed by atoms with van der Waals surface area (Å²) in [5, 5.41) is 2.34. The van der Waals surface area contributed by atoms with E-state index in [-0.39, 0.29) is 5.91 Å². The Morgan fingerprint density at radius 2 is 2.06 bits per heavy atom. The van der Waals surface area contributed by atoms with Crippen LogP contribution < -0.4 is 5.32 Å². The first-order chi connectivity index (χ1) is 8.00. The molecule has 0 spiro atoms. The van der Waals surface area contributed by atoms with Crippen molar-refractivity contribution in [3.8, 4) is 0 Å². The molecule has 1 aromatic rings. The molecule has 0 saturated heterocycles. The first-order valence-electron chi connectivity index (χ1n) is 5.97. The van der Waals surface area contributed by atoms with E-state index in [9.17, 15) is 4.79 Å². The van der Waals surface area contributed by atoms with Crippen LogP contribution in [0.25, 0.3) is 0 Å². The molecule has 1 N–H and O–H groups in total. The summed E-state index contributed by atoms with van der Waals surface area (Å²) >= 11 is 6.12. The Hall–Kier alpha value is -1.02. The van der Waals surface area contributed by atoms with Gasteiger partial charge in [0, 0.05) is 6.54 Å². The molecule has 1 aliphatic rings. The summed E-state index contributed by atoms with van der Waals surface area (Å²) in [4.78, 5) is 11.8. The number of nitrogens with one attached hydrogen (secondary N) is 1. The number of rotatable bonds is 4. The summed E-state index contributed by atoms with van der Waals surface area (Å²) in [6, 6.07) is 9.44.